The topological polar surface area (TPSA) is 69.8 Å². The van der Waals surface area contributed by atoms with Crippen LogP contribution in [-0.2, 0) is 4.79 Å². The molecule has 20 heavy (non-hydrogen) atoms. The summed E-state index contributed by atoms with van der Waals surface area (Å²) in [4.78, 5) is 17.4. The number of nitrogens with zero attached hydrogens (tertiary/aromatic N) is 2. The quantitative estimate of drug-likeness (QED) is 0.734. The van der Waals surface area contributed by atoms with Crippen molar-refractivity contribution in [3.8, 4) is 0 Å². The number of hydrogen-bond donors (Lipinski definition) is 2. The number of thiocarbonyl (C=S) groups is 1. The van der Waals surface area contributed by atoms with Crippen molar-refractivity contribution in [2.45, 2.75) is 32.1 Å². The van der Waals surface area contributed by atoms with Gasteiger partial charge < -0.3 is 15.7 Å². The predicted molar refractivity (Wildman–Crippen MR) is 82.4 cm³/mol. The summed E-state index contributed by atoms with van der Waals surface area (Å²) >= 11 is 5.20. The number of carbonyl (C=O) groups is 1. The second kappa shape index (κ2) is 6.83. The standard InChI is InChI=1S/C14H25N3O2S/c15-12(20)14(4-1-2-5-14)13(19)17-7-3-6-16(8-9-17)10-11-18/h18H,1-11H2,(H2,15,20). The van der Waals surface area contributed by atoms with Crippen molar-refractivity contribution < 1.29 is 9.90 Å². The summed E-state index contributed by atoms with van der Waals surface area (Å²) in [6.45, 7) is 4.09. The Morgan fingerprint density at radius 1 is 1.15 bits per heavy atom. The van der Waals surface area contributed by atoms with Gasteiger partial charge >= 0.3 is 0 Å². The van der Waals surface area contributed by atoms with Gasteiger partial charge in [0.2, 0.25) is 5.91 Å². The summed E-state index contributed by atoms with van der Waals surface area (Å²) in [5, 5.41) is 9.02. The van der Waals surface area contributed by atoms with Crippen LogP contribution in [0, 0.1) is 5.41 Å². The first kappa shape index (κ1) is 15.7. The van der Waals surface area contributed by atoms with Gasteiger partial charge in [-0.25, -0.2) is 0 Å². The van der Waals surface area contributed by atoms with Crippen LogP contribution in [-0.4, -0.2) is 65.1 Å². The monoisotopic (exact) mass is 299 g/mol. The van der Waals surface area contributed by atoms with Crippen molar-refractivity contribution in [2.75, 3.05) is 39.3 Å². The molecule has 2 fully saturated rings. The minimum atomic E-state index is -0.582. The van der Waals surface area contributed by atoms with E-state index in [0.29, 0.717) is 18.1 Å². The second-order valence-corrected chi connectivity index (χ2v) is 6.30. The minimum Gasteiger partial charge on any atom is -0.395 e. The fourth-order valence-corrected chi connectivity index (χ4v) is 3.68. The van der Waals surface area contributed by atoms with Gasteiger partial charge in [0.25, 0.3) is 0 Å². The molecule has 2 rings (SSSR count). The Bertz CT molecular complexity index is 369. The Kier molecular flexibility index (Phi) is 5.35. The van der Waals surface area contributed by atoms with Crippen LogP contribution in [0.1, 0.15) is 32.1 Å². The molecule has 2 aliphatic rings. The lowest BCUT2D eigenvalue weighted by molar-refractivity contribution is -0.138. The van der Waals surface area contributed by atoms with E-state index >= 15 is 0 Å². The van der Waals surface area contributed by atoms with Gasteiger partial charge in [0, 0.05) is 26.2 Å². The van der Waals surface area contributed by atoms with Crippen molar-refractivity contribution in [3.63, 3.8) is 0 Å². The van der Waals surface area contributed by atoms with Gasteiger partial charge in [0.15, 0.2) is 0 Å². The number of β-amino-alcohol motifs (C(OH)–C–C–N with tert-alkyl or cyclic N) is 1. The Hall–Kier alpha value is -0.720. The maximum atomic E-state index is 12.9. The van der Waals surface area contributed by atoms with Gasteiger partial charge in [0.1, 0.15) is 0 Å². The molecule has 1 saturated carbocycles. The summed E-state index contributed by atoms with van der Waals surface area (Å²) < 4.78 is 0. The van der Waals surface area contributed by atoms with E-state index in [1.54, 1.807) is 0 Å². The van der Waals surface area contributed by atoms with Crippen LogP contribution in [0.2, 0.25) is 0 Å². The van der Waals surface area contributed by atoms with Crippen LogP contribution in [0.3, 0.4) is 0 Å². The SMILES string of the molecule is NC(=S)C1(C(=O)N2CCCN(CCO)CC2)CCCC1. The van der Waals surface area contributed by atoms with E-state index in [2.05, 4.69) is 4.90 Å². The molecule has 1 amide bonds. The van der Waals surface area contributed by atoms with E-state index in [9.17, 15) is 4.79 Å². The van der Waals surface area contributed by atoms with Gasteiger partial charge in [-0.3, -0.25) is 9.69 Å². The van der Waals surface area contributed by atoms with E-state index in [1.807, 2.05) is 4.90 Å². The Morgan fingerprint density at radius 3 is 2.45 bits per heavy atom. The van der Waals surface area contributed by atoms with Crippen molar-refractivity contribution >= 4 is 23.1 Å². The second-order valence-electron chi connectivity index (χ2n) is 5.86. The van der Waals surface area contributed by atoms with Crippen LogP contribution >= 0.6 is 12.2 Å². The van der Waals surface area contributed by atoms with E-state index in [1.165, 1.54) is 0 Å². The van der Waals surface area contributed by atoms with Gasteiger partial charge in [-0.15, -0.1) is 0 Å². The van der Waals surface area contributed by atoms with Gasteiger partial charge in [-0.05, 0) is 25.8 Å². The Morgan fingerprint density at radius 2 is 1.85 bits per heavy atom. The third-order valence-corrected chi connectivity index (χ3v) is 5.02. The highest BCUT2D eigenvalue weighted by Gasteiger charge is 2.46. The lowest BCUT2D eigenvalue weighted by atomic mass is 9.84. The molecule has 1 aliphatic carbocycles. The molecule has 1 saturated heterocycles. The fraction of sp³-hybridized carbons (Fsp3) is 0.857. The zero-order valence-corrected chi connectivity index (χ0v) is 12.8. The molecule has 0 bridgehead atoms. The van der Waals surface area contributed by atoms with E-state index in [4.69, 9.17) is 23.1 Å². The predicted octanol–water partition coefficient (Wildman–Crippen LogP) is 0.359. The zero-order chi connectivity index (χ0) is 14.6. The fourth-order valence-electron chi connectivity index (χ4n) is 3.39. The third kappa shape index (κ3) is 3.13. The maximum absolute atomic E-state index is 12.9. The molecule has 0 atom stereocenters. The first-order valence-electron chi connectivity index (χ1n) is 7.53. The van der Waals surface area contributed by atoms with E-state index in [-0.39, 0.29) is 12.5 Å². The highest BCUT2D eigenvalue weighted by molar-refractivity contribution is 7.80. The molecule has 114 valence electrons. The molecule has 0 aromatic rings. The Labute approximate surface area is 126 Å². The third-order valence-electron chi connectivity index (χ3n) is 4.63. The molecule has 6 heteroatoms. The molecule has 5 nitrogen and oxygen atoms in total. The molecular weight excluding hydrogens is 274 g/mol. The van der Waals surface area contributed by atoms with E-state index < -0.39 is 5.41 Å². The summed E-state index contributed by atoms with van der Waals surface area (Å²) in [6.07, 6.45) is 4.62. The van der Waals surface area contributed by atoms with Crippen LogP contribution < -0.4 is 5.73 Å². The molecule has 3 N–H and O–H groups in total. The van der Waals surface area contributed by atoms with Gasteiger partial charge in [-0.2, -0.15) is 0 Å². The zero-order valence-electron chi connectivity index (χ0n) is 12.0. The molecule has 1 heterocycles. The lowest BCUT2D eigenvalue weighted by Crippen LogP contribution is -2.50. The van der Waals surface area contributed by atoms with Crippen molar-refractivity contribution in [2.24, 2.45) is 11.1 Å². The van der Waals surface area contributed by atoms with Crippen molar-refractivity contribution in [1.82, 2.24) is 9.80 Å². The summed E-state index contributed by atoms with van der Waals surface area (Å²) in [5.41, 5.74) is 5.31. The number of nitrogens with two attached hydrogens (primary N) is 1. The number of aliphatic hydroxyl groups excluding tert-OH is 1. The molecule has 0 aromatic carbocycles. The van der Waals surface area contributed by atoms with Crippen molar-refractivity contribution in [1.29, 1.82) is 0 Å². The first-order valence-corrected chi connectivity index (χ1v) is 7.93. The molecule has 1 aliphatic heterocycles. The molecule has 0 unspecified atom stereocenters. The van der Waals surface area contributed by atoms with Gasteiger partial charge in [-0.1, -0.05) is 25.1 Å². The summed E-state index contributed by atoms with van der Waals surface area (Å²) in [5.74, 6) is 0.133. The number of rotatable bonds is 4. The van der Waals surface area contributed by atoms with Crippen LogP contribution in [0.25, 0.3) is 0 Å². The molecule has 0 spiro atoms. The van der Waals surface area contributed by atoms with Crippen molar-refractivity contribution in [3.05, 3.63) is 0 Å². The average Bonchev–Trinajstić information content (AvgIpc) is 2.81. The minimum absolute atomic E-state index is 0.133. The van der Waals surface area contributed by atoms with Crippen LogP contribution in [0.4, 0.5) is 0 Å². The van der Waals surface area contributed by atoms with E-state index in [0.717, 1.165) is 51.7 Å². The largest absolute Gasteiger partial charge is 0.395 e. The van der Waals surface area contributed by atoms with Crippen LogP contribution in [0.15, 0.2) is 0 Å². The molecule has 0 aromatic heterocycles. The highest BCUT2D eigenvalue weighted by atomic mass is 32.1. The number of aliphatic hydroxyl groups is 1. The summed E-state index contributed by atoms with van der Waals surface area (Å²) in [6, 6.07) is 0. The molecular formula is C14H25N3O2S. The number of hydrogen-bond acceptors (Lipinski definition) is 4. The number of amides is 1. The van der Waals surface area contributed by atoms with Gasteiger partial charge in [0.05, 0.1) is 17.0 Å². The Balaban J connectivity index is 2.03. The van der Waals surface area contributed by atoms with Crippen LogP contribution in [0.5, 0.6) is 0 Å². The summed E-state index contributed by atoms with van der Waals surface area (Å²) in [7, 11) is 0. The normalized spacial score (nSPS) is 23.6. The maximum Gasteiger partial charge on any atom is 0.235 e. The lowest BCUT2D eigenvalue weighted by Gasteiger charge is -2.33. The average molecular weight is 299 g/mol. The number of carbonyl (C=O) groups excluding carboxylic acids is 1. The highest BCUT2D eigenvalue weighted by Crippen LogP contribution is 2.40. The molecule has 0 radical (unpaired) electrons. The first-order chi connectivity index (χ1) is 9.60. The smallest absolute Gasteiger partial charge is 0.235 e.